The first-order valence-corrected chi connectivity index (χ1v) is 6.01. The summed E-state index contributed by atoms with van der Waals surface area (Å²) >= 11 is 0. The van der Waals surface area contributed by atoms with Gasteiger partial charge in [0.15, 0.2) is 0 Å². The third-order valence-electron chi connectivity index (χ3n) is 2.95. The molecule has 0 amide bonds. The van der Waals surface area contributed by atoms with Crippen molar-refractivity contribution >= 4 is 0 Å². The van der Waals surface area contributed by atoms with Gasteiger partial charge in [-0.3, -0.25) is 4.90 Å². The minimum Gasteiger partial charge on any atom is -0.312 e. The molecule has 0 spiro atoms. The highest BCUT2D eigenvalue weighted by Gasteiger charge is 2.18. The lowest BCUT2D eigenvalue weighted by Crippen LogP contribution is -2.48. The monoisotopic (exact) mass is 223 g/mol. The molecular formula is C11H21N5. The Morgan fingerprint density at radius 2 is 2.38 bits per heavy atom. The van der Waals surface area contributed by atoms with Crippen LogP contribution in [0.5, 0.6) is 0 Å². The zero-order chi connectivity index (χ0) is 11.5. The van der Waals surface area contributed by atoms with Crippen molar-refractivity contribution in [1.82, 2.24) is 25.0 Å². The Balaban J connectivity index is 2.00. The molecule has 2 heterocycles. The fourth-order valence-electron chi connectivity index (χ4n) is 2.17. The van der Waals surface area contributed by atoms with Crippen molar-refractivity contribution in [2.45, 2.75) is 39.4 Å². The number of nitrogens with one attached hydrogen (secondary N) is 1. The highest BCUT2D eigenvalue weighted by molar-refractivity contribution is 4.88. The number of aromatic nitrogens is 3. The average Bonchev–Trinajstić information content (AvgIpc) is 2.66. The van der Waals surface area contributed by atoms with Gasteiger partial charge < -0.3 is 5.32 Å². The normalized spacial score (nSPS) is 22.9. The Hall–Kier alpha value is -0.940. The van der Waals surface area contributed by atoms with Gasteiger partial charge in [0.2, 0.25) is 0 Å². The summed E-state index contributed by atoms with van der Waals surface area (Å²) in [7, 11) is 0. The highest BCUT2D eigenvalue weighted by Crippen LogP contribution is 2.09. The number of piperazine rings is 1. The summed E-state index contributed by atoms with van der Waals surface area (Å²) in [5.74, 6) is 1.07. The molecule has 1 aromatic heterocycles. The summed E-state index contributed by atoms with van der Waals surface area (Å²) in [5.41, 5.74) is 0. The van der Waals surface area contributed by atoms with E-state index in [1.54, 1.807) is 6.33 Å². The summed E-state index contributed by atoms with van der Waals surface area (Å²) in [6.07, 6.45) is 1.65. The molecule has 1 unspecified atom stereocenters. The van der Waals surface area contributed by atoms with Gasteiger partial charge in [-0.05, 0) is 20.8 Å². The van der Waals surface area contributed by atoms with Crippen LogP contribution in [0.15, 0.2) is 6.33 Å². The van der Waals surface area contributed by atoms with Crippen molar-refractivity contribution < 1.29 is 0 Å². The molecule has 1 N–H and O–H groups in total. The molecule has 1 fully saturated rings. The van der Waals surface area contributed by atoms with Crippen molar-refractivity contribution in [2.24, 2.45) is 0 Å². The Kier molecular flexibility index (Phi) is 3.56. The van der Waals surface area contributed by atoms with E-state index in [1.165, 1.54) is 0 Å². The van der Waals surface area contributed by atoms with Crippen molar-refractivity contribution in [2.75, 3.05) is 19.6 Å². The van der Waals surface area contributed by atoms with E-state index in [9.17, 15) is 0 Å². The maximum Gasteiger partial charge on any atom is 0.141 e. The van der Waals surface area contributed by atoms with E-state index in [2.05, 4.69) is 41.1 Å². The molecule has 2 rings (SSSR count). The first-order valence-electron chi connectivity index (χ1n) is 6.01. The minimum absolute atomic E-state index is 0.387. The molecule has 1 aromatic rings. The molecule has 0 aromatic carbocycles. The Morgan fingerprint density at radius 1 is 1.56 bits per heavy atom. The summed E-state index contributed by atoms with van der Waals surface area (Å²) in [6, 6.07) is 0.960. The summed E-state index contributed by atoms with van der Waals surface area (Å²) in [5, 5.41) is 7.71. The second kappa shape index (κ2) is 4.93. The number of hydrogen-bond acceptors (Lipinski definition) is 4. The molecular weight excluding hydrogens is 202 g/mol. The maximum absolute atomic E-state index is 4.35. The topological polar surface area (TPSA) is 46.0 Å². The number of nitrogens with zero attached hydrogens (tertiary/aromatic N) is 4. The van der Waals surface area contributed by atoms with Crippen LogP contribution in [0.25, 0.3) is 0 Å². The van der Waals surface area contributed by atoms with Gasteiger partial charge in [0.1, 0.15) is 12.2 Å². The van der Waals surface area contributed by atoms with Gasteiger partial charge >= 0.3 is 0 Å². The first-order chi connectivity index (χ1) is 7.66. The molecule has 16 heavy (non-hydrogen) atoms. The average molecular weight is 223 g/mol. The van der Waals surface area contributed by atoms with Crippen molar-refractivity contribution in [1.29, 1.82) is 0 Å². The van der Waals surface area contributed by atoms with Crippen LogP contribution in [-0.4, -0.2) is 45.3 Å². The summed E-state index contributed by atoms with van der Waals surface area (Å²) < 4.78 is 2.01. The Bertz CT molecular complexity index is 333. The molecule has 0 saturated carbocycles. The Labute approximate surface area is 96.8 Å². The van der Waals surface area contributed by atoms with Gasteiger partial charge in [-0.1, -0.05) is 0 Å². The van der Waals surface area contributed by atoms with Crippen LogP contribution in [0.1, 0.15) is 32.6 Å². The van der Waals surface area contributed by atoms with Gasteiger partial charge in [0.25, 0.3) is 0 Å². The summed E-state index contributed by atoms with van der Waals surface area (Å²) in [6.45, 7) is 10.7. The molecule has 90 valence electrons. The van der Waals surface area contributed by atoms with Crippen LogP contribution in [-0.2, 0) is 6.54 Å². The molecule has 1 aliphatic rings. The first kappa shape index (κ1) is 11.5. The molecule has 1 atom stereocenters. The number of hydrogen-bond donors (Lipinski definition) is 1. The van der Waals surface area contributed by atoms with Gasteiger partial charge in [-0.25, -0.2) is 9.67 Å². The molecule has 0 radical (unpaired) electrons. The predicted octanol–water partition coefficient (Wildman–Crippen LogP) is 0.653. The standard InChI is InChI=1S/C11H21N5/c1-9(2)16-11(13-8-14-16)7-15-5-4-12-10(3)6-15/h8-10,12H,4-7H2,1-3H3. The van der Waals surface area contributed by atoms with E-state index < -0.39 is 0 Å². The van der Waals surface area contributed by atoms with Crippen LogP contribution in [0.4, 0.5) is 0 Å². The predicted molar refractivity (Wildman–Crippen MR) is 63.1 cm³/mol. The van der Waals surface area contributed by atoms with E-state index in [0.717, 1.165) is 32.0 Å². The largest absolute Gasteiger partial charge is 0.312 e. The lowest BCUT2D eigenvalue weighted by molar-refractivity contribution is 0.191. The second-order valence-electron chi connectivity index (χ2n) is 4.80. The van der Waals surface area contributed by atoms with Crippen LogP contribution in [0.3, 0.4) is 0 Å². The van der Waals surface area contributed by atoms with Crippen LogP contribution in [0.2, 0.25) is 0 Å². The zero-order valence-corrected chi connectivity index (χ0v) is 10.3. The molecule has 5 nitrogen and oxygen atoms in total. The minimum atomic E-state index is 0.387. The van der Waals surface area contributed by atoms with Crippen LogP contribution >= 0.6 is 0 Å². The third-order valence-corrected chi connectivity index (χ3v) is 2.95. The molecule has 1 aliphatic heterocycles. The Morgan fingerprint density at radius 3 is 3.06 bits per heavy atom. The zero-order valence-electron chi connectivity index (χ0n) is 10.3. The van der Waals surface area contributed by atoms with Gasteiger partial charge in [0, 0.05) is 31.7 Å². The van der Waals surface area contributed by atoms with Crippen molar-refractivity contribution in [3.63, 3.8) is 0 Å². The lowest BCUT2D eigenvalue weighted by atomic mass is 10.2. The van der Waals surface area contributed by atoms with Crippen molar-refractivity contribution in [3.8, 4) is 0 Å². The van der Waals surface area contributed by atoms with Crippen molar-refractivity contribution in [3.05, 3.63) is 12.2 Å². The number of rotatable bonds is 3. The third kappa shape index (κ3) is 2.59. The van der Waals surface area contributed by atoms with E-state index in [-0.39, 0.29) is 0 Å². The molecule has 0 bridgehead atoms. The summed E-state index contributed by atoms with van der Waals surface area (Å²) in [4.78, 5) is 6.78. The molecule has 5 heteroatoms. The SMILES string of the molecule is CC1CN(Cc2ncnn2C(C)C)CCN1. The fourth-order valence-corrected chi connectivity index (χ4v) is 2.17. The smallest absolute Gasteiger partial charge is 0.141 e. The van der Waals surface area contributed by atoms with E-state index in [0.29, 0.717) is 12.1 Å². The molecule has 0 aliphatic carbocycles. The quantitative estimate of drug-likeness (QED) is 0.817. The van der Waals surface area contributed by atoms with Gasteiger partial charge in [-0.15, -0.1) is 0 Å². The second-order valence-corrected chi connectivity index (χ2v) is 4.80. The van der Waals surface area contributed by atoms with Gasteiger partial charge in [0.05, 0.1) is 6.54 Å². The molecule has 1 saturated heterocycles. The maximum atomic E-state index is 4.35. The van der Waals surface area contributed by atoms with Crippen LogP contribution in [0, 0.1) is 0 Å². The highest BCUT2D eigenvalue weighted by atomic mass is 15.4. The van der Waals surface area contributed by atoms with E-state index >= 15 is 0 Å². The van der Waals surface area contributed by atoms with Gasteiger partial charge in [-0.2, -0.15) is 5.10 Å². The van der Waals surface area contributed by atoms with E-state index in [4.69, 9.17) is 0 Å². The van der Waals surface area contributed by atoms with E-state index in [1.807, 2.05) is 4.68 Å². The lowest BCUT2D eigenvalue weighted by Gasteiger charge is -2.31. The van der Waals surface area contributed by atoms with Crippen LogP contribution < -0.4 is 5.32 Å². The fraction of sp³-hybridized carbons (Fsp3) is 0.818.